The van der Waals surface area contributed by atoms with Crippen molar-refractivity contribution in [2.75, 3.05) is 0 Å². The first-order chi connectivity index (χ1) is 19.9. The number of hydrogen-bond donors (Lipinski definition) is 0. The second-order valence-corrected chi connectivity index (χ2v) is 11.5. The van der Waals surface area contributed by atoms with Gasteiger partial charge in [-0.2, -0.15) is 0 Å². The third-order valence-electron chi connectivity index (χ3n) is 6.49. The molecule has 0 aliphatic heterocycles. The Balaban J connectivity index is 2.61. The molecule has 0 aliphatic carbocycles. The minimum Gasteiger partial charge on any atom is -0.432 e. The van der Waals surface area contributed by atoms with E-state index in [0.29, 0.717) is 24.0 Å². The number of carbonyl (C=O) groups excluding carboxylic acids is 2. The second-order valence-electron chi connectivity index (χ2n) is 10.2. The van der Waals surface area contributed by atoms with Crippen molar-refractivity contribution in [3.63, 3.8) is 0 Å². The maximum atomic E-state index is 12.6. The molecule has 0 spiro atoms. The molecule has 0 saturated carbocycles. The van der Waals surface area contributed by atoms with Crippen LogP contribution in [0, 0.1) is 23.7 Å². The number of ether oxygens (including phenoxy) is 2. The first-order valence-corrected chi connectivity index (χ1v) is 15.9. The highest BCUT2D eigenvalue weighted by Gasteiger charge is 2.48. The van der Waals surface area contributed by atoms with E-state index in [1.54, 1.807) is 0 Å². The van der Waals surface area contributed by atoms with Crippen LogP contribution in [0.25, 0.3) is 0 Å². The molecule has 2 unspecified atom stereocenters. The van der Waals surface area contributed by atoms with Crippen molar-refractivity contribution < 1.29 is 19.1 Å². The minimum absolute atomic E-state index is 0.479. The summed E-state index contributed by atoms with van der Waals surface area (Å²) in [6.45, 7) is 7.15. The smallest absolute Gasteiger partial charge is 0.305 e. The van der Waals surface area contributed by atoms with Gasteiger partial charge in [-0.3, -0.25) is 9.59 Å². The van der Waals surface area contributed by atoms with Crippen molar-refractivity contribution >= 4 is 23.7 Å². The van der Waals surface area contributed by atoms with Gasteiger partial charge in [0.15, 0.2) is 0 Å². The highest BCUT2D eigenvalue weighted by molar-refractivity contribution is 8.01. The Kier molecular flexibility index (Phi) is 15.8. The van der Waals surface area contributed by atoms with E-state index in [0.717, 1.165) is 37.4 Å². The average Bonchev–Trinajstić information content (AvgIpc) is 2.96. The molecule has 220 valence electrons. The SMILES string of the molecule is CCCCCCCC#CC(OC(C)=O)(SC(C#CCCCCCCC)(OC(C)=O)c1ccccc1)c1ccccc1. The summed E-state index contributed by atoms with van der Waals surface area (Å²) in [7, 11) is 0. The van der Waals surface area contributed by atoms with Crippen molar-refractivity contribution in [1.29, 1.82) is 0 Å². The fraction of sp³-hybridized carbons (Fsp3) is 0.500. The quantitative estimate of drug-likeness (QED) is 0.0865. The molecule has 0 saturated heterocycles. The lowest BCUT2D eigenvalue weighted by atomic mass is 10.1. The maximum absolute atomic E-state index is 12.6. The molecule has 41 heavy (non-hydrogen) atoms. The van der Waals surface area contributed by atoms with E-state index < -0.39 is 21.8 Å². The average molecular weight is 575 g/mol. The molecule has 0 radical (unpaired) electrons. The lowest BCUT2D eigenvalue weighted by Crippen LogP contribution is -2.36. The molecule has 0 aliphatic rings. The molecule has 4 nitrogen and oxygen atoms in total. The van der Waals surface area contributed by atoms with E-state index in [1.165, 1.54) is 52.4 Å². The summed E-state index contributed by atoms with van der Waals surface area (Å²) in [4.78, 5) is 22.4. The summed E-state index contributed by atoms with van der Waals surface area (Å²) in [5.74, 6) is 12.2. The summed E-state index contributed by atoms with van der Waals surface area (Å²) in [6.07, 6.45) is 12.6. The van der Waals surface area contributed by atoms with Gasteiger partial charge in [-0.15, -0.1) is 0 Å². The fourth-order valence-corrected chi connectivity index (χ4v) is 5.91. The van der Waals surface area contributed by atoms with Gasteiger partial charge in [-0.05, 0) is 36.4 Å². The van der Waals surface area contributed by atoms with Crippen LogP contribution in [-0.2, 0) is 28.9 Å². The molecular formula is C36H46O4S. The number of hydrogen-bond acceptors (Lipinski definition) is 5. The fourth-order valence-electron chi connectivity index (χ4n) is 4.44. The van der Waals surface area contributed by atoms with E-state index in [4.69, 9.17) is 9.47 Å². The molecule has 2 rings (SSSR count). The Hall–Kier alpha value is -3.15. The van der Waals surface area contributed by atoms with Crippen LogP contribution < -0.4 is 0 Å². The van der Waals surface area contributed by atoms with E-state index >= 15 is 0 Å². The second kappa shape index (κ2) is 19.1. The zero-order chi connectivity index (χ0) is 29.8. The van der Waals surface area contributed by atoms with Crippen molar-refractivity contribution in [2.45, 2.75) is 115 Å². The van der Waals surface area contributed by atoms with Crippen LogP contribution in [0.4, 0.5) is 0 Å². The standard InChI is InChI=1S/C36H46O4S/c1-5-7-9-11-13-15-23-29-35(39-31(3)37,33-25-19-17-20-26-33)41-36(40-32(4)38,34-27-21-18-22-28-34)30-24-16-14-12-10-8-6-2/h17-22,25-28H,5-16H2,1-4H3. The van der Waals surface area contributed by atoms with Gasteiger partial charge >= 0.3 is 11.9 Å². The van der Waals surface area contributed by atoms with Crippen molar-refractivity contribution in [1.82, 2.24) is 0 Å². The van der Waals surface area contributed by atoms with Gasteiger partial charge in [0.1, 0.15) is 0 Å². The monoisotopic (exact) mass is 574 g/mol. The number of benzene rings is 2. The Morgan fingerprint density at radius 2 is 0.976 bits per heavy atom. The number of carbonyl (C=O) groups is 2. The molecule has 0 fully saturated rings. The van der Waals surface area contributed by atoms with E-state index in [-0.39, 0.29) is 0 Å². The zero-order valence-corrected chi connectivity index (χ0v) is 26.1. The predicted octanol–water partition coefficient (Wildman–Crippen LogP) is 9.28. The Morgan fingerprint density at radius 3 is 1.32 bits per heavy atom. The molecule has 0 bridgehead atoms. The summed E-state index contributed by atoms with van der Waals surface area (Å²) in [5, 5.41) is 0. The summed E-state index contributed by atoms with van der Waals surface area (Å²) in [6, 6.07) is 18.9. The Bertz CT molecular complexity index is 1080. The van der Waals surface area contributed by atoms with Crippen LogP contribution in [0.1, 0.15) is 116 Å². The molecular weight excluding hydrogens is 528 g/mol. The van der Waals surface area contributed by atoms with Gasteiger partial charge in [0.25, 0.3) is 0 Å². The third kappa shape index (κ3) is 12.1. The van der Waals surface area contributed by atoms with Gasteiger partial charge in [-0.25, -0.2) is 0 Å². The summed E-state index contributed by atoms with van der Waals surface area (Å²) >= 11 is 1.16. The van der Waals surface area contributed by atoms with Crippen LogP contribution in [0.15, 0.2) is 60.7 Å². The highest BCUT2D eigenvalue weighted by Crippen LogP contribution is 2.51. The molecule has 5 heteroatoms. The predicted molar refractivity (Wildman–Crippen MR) is 170 cm³/mol. The Morgan fingerprint density at radius 1 is 0.610 bits per heavy atom. The van der Waals surface area contributed by atoms with Crippen LogP contribution in [0.5, 0.6) is 0 Å². The van der Waals surface area contributed by atoms with Crippen LogP contribution >= 0.6 is 11.8 Å². The van der Waals surface area contributed by atoms with Crippen molar-refractivity contribution in [2.24, 2.45) is 0 Å². The lowest BCUT2D eigenvalue weighted by molar-refractivity contribution is -0.147. The maximum Gasteiger partial charge on any atom is 0.305 e. The van der Waals surface area contributed by atoms with E-state index in [2.05, 4.69) is 37.5 Å². The largest absolute Gasteiger partial charge is 0.432 e. The molecule has 2 aromatic rings. The first-order valence-electron chi connectivity index (χ1n) is 15.1. The van der Waals surface area contributed by atoms with E-state index in [9.17, 15) is 9.59 Å². The summed E-state index contributed by atoms with van der Waals surface area (Å²) in [5.41, 5.74) is 1.38. The molecule has 2 aromatic carbocycles. The number of esters is 2. The van der Waals surface area contributed by atoms with E-state index in [1.807, 2.05) is 60.7 Å². The third-order valence-corrected chi connectivity index (χ3v) is 7.90. The van der Waals surface area contributed by atoms with Crippen LogP contribution in [-0.4, -0.2) is 11.9 Å². The normalized spacial score (nSPS) is 13.4. The lowest BCUT2D eigenvalue weighted by Gasteiger charge is -2.36. The minimum atomic E-state index is -1.45. The Labute approximate surface area is 252 Å². The highest BCUT2D eigenvalue weighted by atomic mass is 32.2. The van der Waals surface area contributed by atoms with Crippen molar-refractivity contribution in [3.05, 3.63) is 71.8 Å². The first kappa shape index (κ1) is 34.1. The number of thioether (sulfide) groups is 1. The molecule has 2 atom stereocenters. The molecule has 0 amide bonds. The number of rotatable bonds is 16. The molecule has 0 heterocycles. The van der Waals surface area contributed by atoms with Crippen LogP contribution in [0.3, 0.4) is 0 Å². The van der Waals surface area contributed by atoms with Gasteiger partial charge < -0.3 is 9.47 Å². The molecule has 0 N–H and O–H groups in total. The van der Waals surface area contributed by atoms with Gasteiger partial charge in [0.05, 0.1) is 0 Å². The number of unbranched alkanes of at least 4 members (excludes halogenated alkanes) is 10. The zero-order valence-electron chi connectivity index (χ0n) is 25.3. The van der Waals surface area contributed by atoms with Gasteiger partial charge in [0, 0.05) is 37.8 Å². The van der Waals surface area contributed by atoms with Crippen LogP contribution in [0.2, 0.25) is 0 Å². The van der Waals surface area contributed by atoms with Gasteiger partial charge in [-0.1, -0.05) is 138 Å². The summed E-state index contributed by atoms with van der Waals surface area (Å²) < 4.78 is 12.2. The van der Waals surface area contributed by atoms with Crippen molar-refractivity contribution in [3.8, 4) is 23.7 Å². The molecule has 0 aromatic heterocycles. The topological polar surface area (TPSA) is 52.6 Å². The van der Waals surface area contributed by atoms with Gasteiger partial charge in [0.2, 0.25) is 9.87 Å².